The van der Waals surface area contributed by atoms with Crippen LogP contribution in [0.1, 0.15) is 36.9 Å². The summed E-state index contributed by atoms with van der Waals surface area (Å²) in [6, 6.07) is 18.1. The van der Waals surface area contributed by atoms with E-state index in [1.165, 1.54) is 0 Å². The van der Waals surface area contributed by atoms with E-state index in [1.54, 1.807) is 19.0 Å². The number of benzene rings is 2. The summed E-state index contributed by atoms with van der Waals surface area (Å²) in [5.74, 6) is 0.730. The van der Waals surface area contributed by atoms with Gasteiger partial charge in [0, 0.05) is 32.7 Å². The van der Waals surface area contributed by atoms with Crippen LogP contribution in [-0.4, -0.2) is 49.9 Å². The van der Waals surface area contributed by atoms with Gasteiger partial charge in [0.25, 0.3) is 0 Å². The van der Waals surface area contributed by atoms with Gasteiger partial charge in [-0.05, 0) is 36.6 Å². The molecule has 0 spiro atoms. The number of amides is 2. The van der Waals surface area contributed by atoms with Crippen molar-refractivity contribution in [1.82, 2.24) is 15.5 Å². The van der Waals surface area contributed by atoms with Crippen LogP contribution in [0.2, 0.25) is 0 Å². The lowest BCUT2D eigenvalue weighted by Crippen LogP contribution is -2.43. The van der Waals surface area contributed by atoms with Gasteiger partial charge >= 0.3 is 0 Å². The fourth-order valence-electron chi connectivity index (χ4n) is 3.37. The molecule has 1 atom stereocenters. The molecular weight excluding hydrogens is 517 g/mol. The molecule has 0 radical (unpaired) electrons. The summed E-state index contributed by atoms with van der Waals surface area (Å²) >= 11 is 0. The summed E-state index contributed by atoms with van der Waals surface area (Å²) in [7, 11) is 3.46. The highest BCUT2D eigenvalue weighted by molar-refractivity contribution is 14.0. The van der Waals surface area contributed by atoms with Crippen molar-refractivity contribution in [3.8, 4) is 0 Å². The van der Waals surface area contributed by atoms with Crippen LogP contribution < -0.4 is 15.5 Å². The average molecular weight is 549 g/mol. The van der Waals surface area contributed by atoms with E-state index in [0.717, 1.165) is 29.8 Å². The monoisotopic (exact) mass is 549 g/mol. The first-order valence-corrected chi connectivity index (χ1v) is 10.6. The summed E-state index contributed by atoms with van der Waals surface area (Å²) in [5, 5.41) is 6.50. The normalized spacial score (nSPS) is 14.5. The van der Waals surface area contributed by atoms with Gasteiger partial charge in [-0.2, -0.15) is 0 Å². The summed E-state index contributed by atoms with van der Waals surface area (Å²) in [4.78, 5) is 32.0. The second kappa shape index (κ2) is 12.4. The first-order valence-electron chi connectivity index (χ1n) is 10.6. The summed E-state index contributed by atoms with van der Waals surface area (Å²) in [6.07, 6.45) is 1.54. The maximum Gasteiger partial charge on any atom is 0.241 e. The van der Waals surface area contributed by atoms with Crippen molar-refractivity contribution in [3.05, 3.63) is 65.7 Å². The third-order valence-corrected chi connectivity index (χ3v) is 5.30. The molecular formula is C24H32IN5O2. The van der Waals surface area contributed by atoms with Crippen LogP contribution in [-0.2, 0) is 16.1 Å². The highest BCUT2D eigenvalue weighted by Gasteiger charge is 2.21. The number of anilines is 1. The maximum atomic E-state index is 12.0. The van der Waals surface area contributed by atoms with E-state index < -0.39 is 0 Å². The Morgan fingerprint density at radius 2 is 1.81 bits per heavy atom. The Hall–Kier alpha value is -2.62. The Bertz CT molecular complexity index is 916. The Morgan fingerprint density at radius 3 is 2.41 bits per heavy atom. The molecule has 2 aromatic rings. The third kappa shape index (κ3) is 7.22. The molecule has 0 bridgehead atoms. The molecule has 2 aromatic carbocycles. The molecule has 2 amide bonds. The highest BCUT2D eigenvalue weighted by Crippen LogP contribution is 2.21. The van der Waals surface area contributed by atoms with E-state index in [9.17, 15) is 9.59 Å². The van der Waals surface area contributed by atoms with E-state index in [-0.39, 0.29) is 48.4 Å². The molecule has 1 unspecified atom stereocenters. The Kier molecular flexibility index (Phi) is 9.96. The molecule has 1 heterocycles. The van der Waals surface area contributed by atoms with E-state index in [2.05, 4.69) is 34.7 Å². The predicted octanol–water partition coefficient (Wildman–Crippen LogP) is 3.32. The lowest BCUT2D eigenvalue weighted by Gasteiger charge is -2.20. The van der Waals surface area contributed by atoms with Crippen molar-refractivity contribution < 1.29 is 9.59 Å². The zero-order valence-electron chi connectivity index (χ0n) is 18.9. The Morgan fingerprint density at radius 1 is 1.12 bits per heavy atom. The van der Waals surface area contributed by atoms with Gasteiger partial charge in [0.2, 0.25) is 11.8 Å². The zero-order valence-corrected chi connectivity index (χ0v) is 21.2. The summed E-state index contributed by atoms with van der Waals surface area (Å²) < 4.78 is 0. The van der Waals surface area contributed by atoms with Crippen molar-refractivity contribution in [2.45, 2.75) is 32.4 Å². The molecule has 7 nitrogen and oxygen atoms in total. The van der Waals surface area contributed by atoms with Crippen molar-refractivity contribution in [3.63, 3.8) is 0 Å². The number of hydrogen-bond donors (Lipinski definition) is 2. The second-order valence-electron chi connectivity index (χ2n) is 7.90. The number of halogens is 1. The van der Waals surface area contributed by atoms with Gasteiger partial charge in [-0.15, -0.1) is 24.0 Å². The van der Waals surface area contributed by atoms with Crippen LogP contribution in [0.5, 0.6) is 0 Å². The van der Waals surface area contributed by atoms with Crippen molar-refractivity contribution in [2.75, 3.05) is 32.1 Å². The SMILES string of the molecule is CC(NC(=NCc1ccc(N2CCCC2=O)cc1)NCC(=O)N(C)C)c1ccccc1.I. The van der Waals surface area contributed by atoms with Gasteiger partial charge in [0.15, 0.2) is 5.96 Å². The van der Waals surface area contributed by atoms with E-state index >= 15 is 0 Å². The smallest absolute Gasteiger partial charge is 0.241 e. The third-order valence-electron chi connectivity index (χ3n) is 5.30. The Balaban J connectivity index is 0.00000363. The number of carbonyl (C=O) groups is 2. The van der Waals surface area contributed by atoms with Crippen LogP contribution in [0.3, 0.4) is 0 Å². The summed E-state index contributed by atoms with van der Waals surface area (Å²) in [6.45, 7) is 3.46. The number of rotatable bonds is 7. The molecule has 0 aromatic heterocycles. The molecule has 0 saturated carbocycles. The van der Waals surface area contributed by atoms with Gasteiger partial charge in [0.05, 0.1) is 19.1 Å². The number of hydrogen-bond acceptors (Lipinski definition) is 3. The molecule has 1 fully saturated rings. The highest BCUT2D eigenvalue weighted by atomic mass is 127. The van der Waals surface area contributed by atoms with E-state index in [1.807, 2.05) is 47.4 Å². The molecule has 3 rings (SSSR count). The number of guanidine groups is 1. The maximum absolute atomic E-state index is 12.0. The number of nitrogens with zero attached hydrogens (tertiary/aromatic N) is 3. The number of aliphatic imine (C=N–C) groups is 1. The first-order chi connectivity index (χ1) is 14.9. The van der Waals surface area contributed by atoms with Crippen LogP contribution >= 0.6 is 24.0 Å². The number of likely N-dealkylation sites (N-methyl/N-ethyl adjacent to an activating group) is 1. The van der Waals surface area contributed by atoms with Crippen LogP contribution in [0.15, 0.2) is 59.6 Å². The minimum absolute atomic E-state index is 0. The zero-order chi connectivity index (χ0) is 22.2. The second-order valence-corrected chi connectivity index (χ2v) is 7.90. The minimum Gasteiger partial charge on any atom is -0.350 e. The van der Waals surface area contributed by atoms with Crippen LogP contribution in [0.25, 0.3) is 0 Å². The lowest BCUT2D eigenvalue weighted by atomic mass is 10.1. The van der Waals surface area contributed by atoms with Crippen molar-refractivity contribution >= 4 is 47.4 Å². The molecule has 8 heteroatoms. The fraction of sp³-hybridized carbons (Fsp3) is 0.375. The largest absolute Gasteiger partial charge is 0.350 e. The van der Waals surface area contributed by atoms with Crippen LogP contribution in [0, 0.1) is 0 Å². The number of carbonyl (C=O) groups excluding carboxylic acids is 2. The average Bonchev–Trinajstić information content (AvgIpc) is 3.22. The molecule has 32 heavy (non-hydrogen) atoms. The molecule has 0 aliphatic carbocycles. The lowest BCUT2D eigenvalue weighted by molar-refractivity contribution is -0.127. The van der Waals surface area contributed by atoms with Crippen LogP contribution in [0.4, 0.5) is 5.69 Å². The minimum atomic E-state index is -0.0264. The Labute approximate surface area is 207 Å². The molecule has 1 aliphatic heterocycles. The van der Waals surface area contributed by atoms with Crippen molar-refractivity contribution in [2.24, 2.45) is 4.99 Å². The van der Waals surface area contributed by atoms with Gasteiger partial charge in [-0.25, -0.2) is 4.99 Å². The van der Waals surface area contributed by atoms with E-state index in [0.29, 0.717) is 18.9 Å². The molecule has 1 saturated heterocycles. The molecule has 172 valence electrons. The predicted molar refractivity (Wildman–Crippen MR) is 139 cm³/mol. The topological polar surface area (TPSA) is 77.0 Å². The quantitative estimate of drug-likeness (QED) is 0.316. The number of nitrogens with one attached hydrogen (secondary N) is 2. The molecule has 2 N–H and O–H groups in total. The fourth-order valence-corrected chi connectivity index (χ4v) is 3.37. The van der Waals surface area contributed by atoms with Gasteiger partial charge < -0.3 is 20.4 Å². The van der Waals surface area contributed by atoms with Gasteiger partial charge in [-0.3, -0.25) is 9.59 Å². The van der Waals surface area contributed by atoms with Gasteiger partial charge in [-0.1, -0.05) is 42.5 Å². The standard InChI is InChI=1S/C24H31N5O2.HI/c1-18(20-8-5-4-6-9-20)27-24(26-17-23(31)28(2)3)25-16-19-11-13-21(14-12-19)29-15-7-10-22(29)30;/h4-6,8-9,11-14,18H,7,10,15-17H2,1-3H3,(H2,25,26,27);1H. The first kappa shape index (κ1) is 25.6. The molecule has 1 aliphatic rings. The van der Waals surface area contributed by atoms with Gasteiger partial charge in [0.1, 0.15) is 0 Å². The summed E-state index contributed by atoms with van der Waals surface area (Å²) in [5.41, 5.74) is 3.10. The van der Waals surface area contributed by atoms with Crippen molar-refractivity contribution in [1.29, 1.82) is 0 Å². The van der Waals surface area contributed by atoms with E-state index in [4.69, 9.17) is 0 Å².